The maximum atomic E-state index is 13.6. The number of allylic oxidation sites excluding steroid dienone is 4. The van der Waals surface area contributed by atoms with Gasteiger partial charge in [0.25, 0.3) is 5.01 Å². The maximum Gasteiger partial charge on any atom is 0.263 e. The van der Waals surface area contributed by atoms with E-state index >= 15 is 0 Å². The molecule has 1 aliphatic carbocycles. The molecule has 1 aliphatic heterocycles. The molecule has 2 heterocycles. The van der Waals surface area contributed by atoms with Crippen LogP contribution in [0.3, 0.4) is 0 Å². The van der Waals surface area contributed by atoms with Crippen molar-refractivity contribution in [3.05, 3.63) is 112 Å². The van der Waals surface area contributed by atoms with Crippen molar-refractivity contribution >= 4 is 39.1 Å². The van der Waals surface area contributed by atoms with E-state index in [1.54, 1.807) is 18.4 Å². The Labute approximate surface area is 263 Å². The lowest BCUT2D eigenvalue weighted by Crippen LogP contribution is -2.35. The fourth-order valence-corrected chi connectivity index (χ4v) is 7.31. The number of ketones is 1. The number of anilines is 1. The summed E-state index contributed by atoms with van der Waals surface area (Å²) in [4.78, 5) is 15.8. The average molecular weight is 608 g/mol. The van der Waals surface area contributed by atoms with Gasteiger partial charge in [-0.3, -0.25) is 4.79 Å². The van der Waals surface area contributed by atoms with E-state index in [2.05, 4.69) is 61.4 Å². The Bertz CT molecular complexity index is 1830. The quantitative estimate of drug-likeness (QED) is 0.146. The van der Waals surface area contributed by atoms with Crippen molar-refractivity contribution in [2.75, 3.05) is 18.6 Å². The first-order chi connectivity index (χ1) is 21.3. The molecule has 0 radical (unpaired) electrons. The third kappa shape index (κ3) is 5.19. The average Bonchev–Trinajstić information content (AvgIpc) is 3.48. The van der Waals surface area contributed by atoms with Gasteiger partial charge in [0.05, 0.1) is 18.3 Å². The molecule has 0 fully saturated rings. The number of benzene rings is 3. The van der Waals surface area contributed by atoms with E-state index in [1.807, 2.05) is 54.6 Å². The third-order valence-electron chi connectivity index (χ3n) is 8.49. The Morgan fingerprint density at radius 1 is 0.977 bits per heavy atom. The molecule has 0 atom stereocenters. The fourth-order valence-electron chi connectivity index (χ4n) is 6.15. The van der Waals surface area contributed by atoms with Gasteiger partial charge in [0.15, 0.2) is 0 Å². The predicted molar refractivity (Wildman–Crippen MR) is 177 cm³/mol. The molecule has 0 bridgehead atoms. The second-order valence-corrected chi connectivity index (χ2v) is 12.9. The van der Waals surface area contributed by atoms with Crippen molar-refractivity contribution in [2.24, 2.45) is 0 Å². The van der Waals surface area contributed by atoms with Crippen molar-refractivity contribution in [3.8, 4) is 11.5 Å². The van der Waals surface area contributed by atoms with Crippen LogP contribution in [-0.4, -0.2) is 24.5 Å². The van der Waals surface area contributed by atoms with Gasteiger partial charge in [0.1, 0.15) is 35.1 Å². The number of aliphatic hydroxyl groups excluding tert-OH is 1. The Kier molecular flexibility index (Phi) is 8.08. The van der Waals surface area contributed by atoms with Crippen LogP contribution in [0.1, 0.15) is 56.7 Å². The number of aryl methyl sites for hydroxylation is 1. The topological polar surface area (TPSA) is 62.9 Å². The highest BCUT2D eigenvalue weighted by molar-refractivity contribution is 7.18. The predicted octanol–water partition coefficient (Wildman–Crippen LogP) is 8.06. The summed E-state index contributed by atoms with van der Waals surface area (Å²) in [5, 5.41) is 12.2. The van der Waals surface area contributed by atoms with Crippen LogP contribution in [0, 0.1) is 0 Å². The van der Waals surface area contributed by atoms with Gasteiger partial charge in [-0.05, 0) is 47.9 Å². The number of fused-ring (bicyclic) bond motifs is 2. The summed E-state index contributed by atoms with van der Waals surface area (Å²) in [6.45, 7) is 10.7. The second kappa shape index (κ2) is 12.0. The minimum atomic E-state index is -0.359. The number of rotatable bonds is 10. The van der Waals surface area contributed by atoms with Crippen LogP contribution in [0.5, 0.6) is 11.5 Å². The summed E-state index contributed by atoms with van der Waals surface area (Å²) in [6.07, 6.45) is 5.62. The Morgan fingerprint density at radius 2 is 1.75 bits per heavy atom. The molecule has 2 aliphatic rings. The lowest BCUT2D eigenvalue weighted by molar-refractivity contribution is -0.668. The van der Waals surface area contributed by atoms with Crippen LogP contribution in [0.4, 0.5) is 5.69 Å². The van der Waals surface area contributed by atoms with Gasteiger partial charge in [-0.25, -0.2) is 0 Å². The van der Waals surface area contributed by atoms with E-state index in [0.717, 1.165) is 75.2 Å². The maximum absolute atomic E-state index is 13.6. The van der Waals surface area contributed by atoms with Crippen molar-refractivity contribution in [1.29, 1.82) is 0 Å². The van der Waals surface area contributed by atoms with Crippen LogP contribution in [0.2, 0.25) is 0 Å². The number of ether oxygens (including phenoxy) is 2. The van der Waals surface area contributed by atoms with Gasteiger partial charge in [0, 0.05) is 48.0 Å². The van der Waals surface area contributed by atoms with Gasteiger partial charge in [0.2, 0.25) is 11.3 Å². The van der Waals surface area contributed by atoms with E-state index in [9.17, 15) is 9.90 Å². The van der Waals surface area contributed by atoms with Crippen molar-refractivity contribution in [2.45, 2.75) is 59.1 Å². The summed E-state index contributed by atoms with van der Waals surface area (Å²) >= 11 is 1.60. The monoisotopic (exact) mass is 607 g/mol. The zero-order chi connectivity index (χ0) is 31.0. The van der Waals surface area contributed by atoms with Gasteiger partial charge in [-0.15, -0.1) is 0 Å². The Morgan fingerprint density at radius 3 is 2.45 bits per heavy atom. The van der Waals surface area contributed by atoms with Crippen LogP contribution in [0.15, 0.2) is 95.4 Å². The number of carbonyl (C=O) groups excluding carboxylic acids is 1. The molecule has 0 saturated heterocycles. The first kappa shape index (κ1) is 29.7. The van der Waals surface area contributed by atoms with Crippen molar-refractivity contribution in [1.82, 2.24) is 0 Å². The summed E-state index contributed by atoms with van der Waals surface area (Å²) in [5.74, 6) is 1.52. The molecule has 0 spiro atoms. The van der Waals surface area contributed by atoms with Crippen molar-refractivity contribution < 1.29 is 23.9 Å². The van der Waals surface area contributed by atoms with Gasteiger partial charge in [-0.2, -0.15) is 4.57 Å². The molecule has 44 heavy (non-hydrogen) atoms. The molecular formula is C37H39N2O4S+. The van der Waals surface area contributed by atoms with Crippen LogP contribution >= 0.6 is 11.3 Å². The largest absolute Gasteiger partial charge is 0.506 e. The highest BCUT2D eigenvalue weighted by Crippen LogP contribution is 2.50. The molecule has 4 aromatic rings. The van der Waals surface area contributed by atoms with Gasteiger partial charge in [-0.1, -0.05) is 69.4 Å². The standard InChI is InChI=1S/C37H38N2O4S/c1-6-17-38-30-15-13-25(42-5)19-29(30)37(3,4)33(38)21-27-35(40)28(36(27)41)22-34-39(18-7-2)31-16-14-26(20-32(31)44-34)43-23-24-11-9-8-10-12-24/h8-16,19-22H,6-7,17-18,23H2,1-5H3/p+1. The lowest BCUT2D eigenvalue weighted by Gasteiger charge is -2.29. The van der Waals surface area contributed by atoms with Gasteiger partial charge < -0.3 is 19.5 Å². The Hall–Kier alpha value is -4.36. The second-order valence-electron chi connectivity index (χ2n) is 11.8. The summed E-state index contributed by atoms with van der Waals surface area (Å²) in [6, 6.07) is 22.4. The molecule has 226 valence electrons. The zero-order valence-corrected chi connectivity index (χ0v) is 26.8. The molecule has 0 saturated carbocycles. The number of aromatic nitrogens is 1. The number of hydrogen-bond acceptors (Lipinski definition) is 6. The molecule has 1 N–H and O–H groups in total. The molecule has 6 rings (SSSR count). The fraction of sp³-hybridized carbons (Fsp3) is 0.297. The molecule has 0 unspecified atom stereocenters. The van der Waals surface area contributed by atoms with Crippen LogP contribution < -0.4 is 18.9 Å². The normalized spacial score (nSPS) is 17.5. The number of hydrogen-bond donors (Lipinski definition) is 1. The first-order valence-corrected chi connectivity index (χ1v) is 16.1. The highest BCUT2D eigenvalue weighted by atomic mass is 32.1. The number of Topliss-reactive ketones (excluding diaryl/α,β-unsaturated/α-hetero) is 1. The lowest BCUT2D eigenvalue weighted by atomic mass is 9.80. The van der Waals surface area contributed by atoms with E-state index in [1.165, 1.54) is 0 Å². The van der Waals surface area contributed by atoms with E-state index < -0.39 is 0 Å². The number of methoxy groups -OCH3 is 1. The highest BCUT2D eigenvalue weighted by Gasteiger charge is 2.42. The smallest absolute Gasteiger partial charge is 0.263 e. The molecule has 0 amide bonds. The summed E-state index contributed by atoms with van der Waals surface area (Å²) < 4.78 is 14.9. The van der Waals surface area contributed by atoms with Crippen molar-refractivity contribution in [3.63, 3.8) is 0 Å². The first-order valence-electron chi connectivity index (χ1n) is 15.3. The molecular weight excluding hydrogens is 568 g/mol. The minimum absolute atomic E-state index is 0.0515. The van der Waals surface area contributed by atoms with Crippen LogP contribution in [0.25, 0.3) is 16.3 Å². The molecule has 1 aromatic heterocycles. The van der Waals surface area contributed by atoms with E-state index in [-0.39, 0.29) is 17.0 Å². The number of aliphatic hydroxyl groups is 1. The molecule has 6 nitrogen and oxygen atoms in total. The number of carbonyl (C=O) groups is 1. The molecule has 7 heteroatoms. The molecule has 3 aromatic carbocycles. The van der Waals surface area contributed by atoms with Crippen LogP contribution in [-0.2, 0) is 23.4 Å². The minimum Gasteiger partial charge on any atom is -0.506 e. The zero-order valence-electron chi connectivity index (χ0n) is 26.0. The summed E-state index contributed by atoms with van der Waals surface area (Å²) in [7, 11) is 1.67. The third-order valence-corrected chi connectivity index (χ3v) is 9.59. The van der Waals surface area contributed by atoms with E-state index in [0.29, 0.717) is 17.8 Å². The van der Waals surface area contributed by atoms with E-state index in [4.69, 9.17) is 9.47 Å². The number of nitrogens with zero attached hydrogens (tertiary/aromatic N) is 2. The number of thiazole rings is 1. The summed E-state index contributed by atoms with van der Waals surface area (Å²) in [5.41, 5.74) is 5.82. The Balaban J connectivity index is 1.33. The van der Waals surface area contributed by atoms with Gasteiger partial charge >= 0.3 is 0 Å². The SMILES string of the molecule is CCCN1C(=CC2=C(O)C(=Cc3sc4cc(OCc5ccccc5)ccc4[n+]3CCC)C2=O)C(C)(C)c2cc(OC)ccc21.